The smallest absolute Gasteiger partial charge is 0.269 e. The van der Waals surface area contributed by atoms with Crippen molar-refractivity contribution in [2.24, 2.45) is 0 Å². The summed E-state index contributed by atoms with van der Waals surface area (Å²) in [6, 6.07) is 9.19. The Bertz CT molecular complexity index is 920. The van der Waals surface area contributed by atoms with Gasteiger partial charge in [0, 0.05) is 24.0 Å². The third-order valence-electron chi connectivity index (χ3n) is 3.55. The maximum absolute atomic E-state index is 12.2. The molecule has 0 bridgehead atoms. The van der Waals surface area contributed by atoms with Crippen molar-refractivity contribution in [2.45, 2.75) is 13.0 Å². The number of carbonyl (C=O) groups excluding carboxylic acids is 1. The summed E-state index contributed by atoms with van der Waals surface area (Å²) in [6.07, 6.45) is 3.37. The monoisotopic (exact) mass is 376 g/mol. The summed E-state index contributed by atoms with van der Waals surface area (Å²) < 4.78 is 2.30. The highest BCUT2D eigenvalue weighted by molar-refractivity contribution is 7.17. The molecule has 0 spiro atoms. The zero-order valence-corrected chi connectivity index (χ0v) is 14.6. The number of rotatable bonds is 5. The molecule has 2 heterocycles. The molecule has 9 heteroatoms. The molecular weight excluding hydrogens is 364 g/mol. The second kappa shape index (κ2) is 7.04. The van der Waals surface area contributed by atoms with Crippen molar-refractivity contribution in [1.82, 2.24) is 14.9 Å². The Kier molecular flexibility index (Phi) is 4.82. The lowest BCUT2D eigenvalue weighted by molar-refractivity contribution is -0.384. The van der Waals surface area contributed by atoms with Gasteiger partial charge < -0.3 is 9.88 Å². The van der Waals surface area contributed by atoms with E-state index >= 15 is 0 Å². The van der Waals surface area contributed by atoms with Gasteiger partial charge >= 0.3 is 0 Å². The summed E-state index contributed by atoms with van der Waals surface area (Å²) in [5.41, 5.74) is 1.45. The summed E-state index contributed by atoms with van der Waals surface area (Å²) >= 11 is 7.05. The van der Waals surface area contributed by atoms with Crippen LogP contribution in [0.4, 0.5) is 5.69 Å². The largest absolute Gasteiger partial charge is 0.343 e. The molecule has 1 N–H and O–H groups in total. The third-order valence-corrected chi connectivity index (χ3v) is 4.78. The predicted octanol–water partition coefficient (Wildman–Crippen LogP) is 3.99. The fraction of sp³-hybridized carbons (Fsp3) is 0.125. The maximum Gasteiger partial charge on any atom is 0.269 e. The molecule has 7 nitrogen and oxygen atoms in total. The first kappa shape index (κ1) is 17.1. The number of nitrogens with zero attached hydrogens (tertiary/aromatic N) is 3. The van der Waals surface area contributed by atoms with Gasteiger partial charge in [0.2, 0.25) is 0 Å². The van der Waals surface area contributed by atoms with E-state index in [0.29, 0.717) is 14.9 Å². The summed E-state index contributed by atoms with van der Waals surface area (Å²) in [5, 5.41) is 13.6. The number of amides is 1. The van der Waals surface area contributed by atoms with Crippen LogP contribution in [-0.2, 0) is 0 Å². The first-order chi connectivity index (χ1) is 11.9. The van der Waals surface area contributed by atoms with Crippen LogP contribution in [0.5, 0.6) is 0 Å². The normalized spacial score (nSPS) is 11.9. The highest BCUT2D eigenvalue weighted by atomic mass is 35.5. The van der Waals surface area contributed by atoms with Gasteiger partial charge in [0.05, 0.1) is 32.2 Å². The van der Waals surface area contributed by atoms with E-state index in [-0.39, 0.29) is 17.6 Å². The van der Waals surface area contributed by atoms with Gasteiger partial charge in [0.15, 0.2) is 0 Å². The number of nitro benzene ring substituents is 1. The second-order valence-corrected chi connectivity index (χ2v) is 6.99. The van der Waals surface area contributed by atoms with Crippen LogP contribution in [0.2, 0.25) is 4.34 Å². The highest BCUT2D eigenvalue weighted by Gasteiger charge is 2.15. The molecule has 25 heavy (non-hydrogen) atoms. The van der Waals surface area contributed by atoms with Gasteiger partial charge in [-0.2, -0.15) is 0 Å². The van der Waals surface area contributed by atoms with Crippen molar-refractivity contribution in [1.29, 1.82) is 0 Å². The van der Waals surface area contributed by atoms with Crippen molar-refractivity contribution < 1.29 is 9.72 Å². The number of imidazole rings is 1. The third kappa shape index (κ3) is 3.86. The van der Waals surface area contributed by atoms with Gasteiger partial charge in [-0.05, 0) is 31.2 Å². The molecule has 0 saturated heterocycles. The minimum absolute atomic E-state index is 0.0272. The van der Waals surface area contributed by atoms with Crippen molar-refractivity contribution in [3.8, 4) is 5.69 Å². The lowest BCUT2D eigenvalue weighted by Crippen LogP contribution is -2.26. The van der Waals surface area contributed by atoms with E-state index in [1.54, 1.807) is 41.4 Å². The molecule has 0 saturated carbocycles. The van der Waals surface area contributed by atoms with Crippen molar-refractivity contribution in [3.63, 3.8) is 0 Å². The van der Waals surface area contributed by atoms with Crippen LogP contribution in [-0.4, -0.2) is 20.4 Å². The number of carbonyl (C=O) groups is 1. The van der Waals surface area contributed by atoms with Gasteiger partial charge in [0.25, 0.3) is 11.6 Å². The lowest BCUT2D eigenvalue weighted by atomic mass is 10.2. The quantitative estimate of drug-likeness (QED) is 0.538. The Morgan fingerprint density at radius 2 is 2.04 bits per heavy atom. The summed E-state index contributed by atoms with van der Waals surface area (Å²) in [6.45, 7) is 1.83. The molecule has 128 valence electrons. The molecule has 1 amide bonds. The second-order valence-electron chi connectivity index (χ2n) is 5.28. The van der Waals surface area contributed by atoms with Gasteiger partial charge in [-0.15, -0.1) is 11.3 Å². The zero-order chi connectivity index (χ0) is 18.0. The van der Waals surface area contributed by atoms with Gasteiger partial charge in [-0.25, -0.2) is 4.98 Å². The van der Waals surface area contributed by atoms with Gasteiger partial charge in [-0.3, -0.25) is 14.9 Å². The van der Waals surface area contributed by atoms with Crippen LogP contribution in [0.15, 0.2) is 48.9 Å². The van der Waals surface area contributed by atoms with E-state index in [1.165, 1.54) is 23.5 Å². The first-order valence-electron chi connectivity index (χ1n) is 7.29. The number of hydrogen-bond donors (Lipinski definition) is 1. The molecule has 2 aromatic heterocycles. The summed E-state index contributed by atoms with van der Waals surface area (Å²) in [5.74, 6) is -0.214. The molecule has 0 fully saturated rings. The Morgan fingerprint density at radius 3 is 2.64 bits per heavy atom. The van der Waals surface area contributed by atoms with E-state index < -0.39 is 4.92 Å². The number of hydrogen-bond acceptors (Lipinski definition) is 5. The molecule has 1 aromatic carbocycles. The average molecular weight is 377 g/mol. The minimum atomic E-state index is -0.447. The van der Waals surface area contributed by atoms with Crippen molar-refractivity contribution in [3.05, 3.63) is 73.9 Å². The van der Waals surface area contributed by atoms with E-state index in [2.05, 4.69) is 10.3 Å². The van der Waals surface area contributed by atoms with E-state index in [1.807, 2.05) is 6.92 Å². The Balaban J connectivity index is 1.72. The number of thiophene rings is 1. The molecule has 1 unspecified atom stereocenters. The van der Waals surface area contributed by atoms with Crippen LogP contribution < -0.4 is 5.32 Å². The molecule has 3 aromatic rings. The van der Waals surface area contributed by atoms with Crippen LogP contribution in [0.25, 0.3) is 5.69 Å². The molecule has 0 radical (unpaired) electrons. The number of nitro groups is 1. The zero-order valence-electron chi connectivity index (χ0n) is 13.0. The minimum Gasteiger partial charge on any atom is -0.343 e. The van der Waals surface area contributed by atoms with E-state index in [0.717, 1.165) is 5.69 Å². The summed E-state index contributed by atoms with van der Waals surface area (Å²) in [7, 11) is 0. The number of halogens is 1. The number of nitrogens with one attached hydrogen (secondary N) is 1. The van der Waals surface area contributed by atoms with Crippen LogP contribution >= 0.6 is 22.9 Å². The maximum atomic E-state index is 12.2. The van der Waals surface area contributed by atoms with E-state index in [4.69, 9.17) is 11.6 Å². The molecule has 0 aliphatic rings. The van der Waals surface area contributed by atoms with Gasteiger partial charge in [-0.1, -0.05) is 11.6 Å². The Hall–Kier alpha value is -2.71. The van der Waals surface area contributed by atoms with Crippen LogP contribution in [0.1, 0.15) is 28.3 Å². The standard InChI is InChI=1S/C16H13ClN4O3S/c1-10(19-16(22)14-6-7-15(17)25-14)13-8-20(9-18-13)11-2-4-12(5-3-11)21(23)24/h2-10H,1H3,(H,19,22). The van der Waals surface area contributed by atoms with Gasteiger partial charge in [0.1, 0.15) is 0 Å². The molecule has 0 aliphatic heterocycles. The van der Waals surface area contributed by atoms with E-state index in [9.17, 15) is 14.9 Å². The first-order valence-corrected chi connectivity index (χ1v) is 8.48. The molecular formula is C16H13ClN4O3S. The summed E-state index contributed by atoms with van der Waals surface area (Å²) in [4.78, 5) is 27.2. The molecule has 1 atom stereocenters. The average Bonchev–Trinajstić information content (AvgIpc) is 3.24. The SMILES string of the molecule is CC(NC(=O)c1ccc(Cl)s1)c1cn(-c2ccc([N+](=O)[O-])cc2)cn1. The fourth-order valence-electron chi connectivity index (χ4n) is 2.23. The van der Waals surface area contributed by atoms with Crippen molar-refractivity contribution >= 4 is 34.5 Å². The Labute approximate surface area is 152 Å². The predicted molar refractivity (Wildman–Crippen MR) is 95.4 cm³/mol. The fourth-order valence-corrected chi connectivity index (χ4v) is 3.17. The van der Waals surface area contributed by atoms with Crippen LogP contribution in [0, 0.1) is 10.1 Å². The highest BCUT2D eigenvalue weighted by Crippen LogP contribution is 2.22. The van der Waals surface area contributed by atoms with Crippen LogP contribution in [0.3, 0.4) is 0 Å². The molecule has 3 rings (SSSR count). The molecule has 0 aliphatic carbocycles. The topological polar surface area (TPSA) is 90.1 Å². The van der Waals surface area contributed by atoms with Crippen molar-refractivity contribution in [2.75, 3.05) is 0 Å². The number of aromatic nitrogens is 2. The number of non-ortho nitro benzene ring substituents is 1. The Morgan fingerprint density at radius 1 is 1.32 bits per heavy atom. The lowest BCUT2D eigenvalue weighted by Gasteiger charge is -2.10. The number of benzene rings is 1.